The van der Waals surface area contributed by atoms with Crippen LogP contribution < -0.4 is 10.6 Å². The molecule has 1 nitrogen and oxygen atoms in total. The van der Waals surface area contributed by atoms with E-state index >= 15 is 0 Å². The van der Waals surface area contributed by atoms with Gasteiger partial charge in [-0.1, -0.05) is 53.1 Å². The van der Waals surface area contributed by atoms with Crippen LogP contribution in [0.25, 0.3) is 0 Å². The summed E-state index contributed by atoms with van der Waals surface area (Å²) in [5.74, 6) is 0.0787. The predicted octanol–water partition coefficient (Wildman–Crippen LogP) is 6.33. The number of alkyl halides is 3. The molecule has 2 rings (SSSR count). The zero-order valence-corrected chi connectivity index (χ0v) is 19.8. The number of phenols is 1. The van der Waals surface area contributed by atoms with E-state index in [1.807, 2.05) is 32.9 Å². The van der Waals surface area contributed by atoms with Gasteiger partial charge in [-0.25, -0.2) is 0 Å². The Bertz CT molecular complexity index is 790. The summed E-state index contributed by atoms with van der Waals surface area (Å²) in [5.41, 5.74) is 1.49. The van der Waals surface area contributed by atoms with Gasteiger partial charge in [-0.05, 0) is 47.8 Å². The van der Waals surface area contributed by atoms with Crippen LogP contribution in [-0.2, 0) is 28.6 Å². The molecule has 0 aliphatic rings. The molecule has 8 heteroatoms. The van der Waals surface area contributed by atoms with E-state index in [0.717, 1.165) is 5.56 Å². The molecule has 27 heavy (non-hydrogen) atoms. The molecule has 1 atom stereocenters. The van der Waals surface area contributed by atoms with Crippen LogP contribution in [0.2, 0.25) is 0 Å². The van der Waals surface area contributed by atoms with Crippen molar-refractivity contribution in [3.8, 4) is 5.75 Å². The van der Waals surface area contributed by atoms with Crippen LogP contribution >= 0.6 is 27.2 Å². The summed E-state index contributed by atoms with van der Waals surface area (Å²) < 4.78 is 40.0. The Labute approximate surface area is 177 Å². The van der Waals surface area contributed by atoms with Crippen LogP contribution in [0.15, 0.2) is 30.3 Å². The van der Waals surface area contributed by atoms with Gasteiger partial charge in [0.2, 0.25) is 0 Å². The number of hydrogen-bond donors (Lipinski definition) is 1. The molecule has 1 N–H and O–H groups in total. The summed E-state index contributed by atoms with van der Waals surface area (Å²) >= 11 is -0.556. The molecule has 0 aliphatic heterocycles. The average Bonchev–Trinajstić information content (AvgIpc) is 2.52. The molecular weight excluding hydrogens is 451 g/mol. The molecule has 0 amide bonds. The molecule has 1 unspecified atom stereocenters. The summed E-state index contributed by atoms with van der Waals surface area (Å²) in [5, 5.41) is 11.1. The third-order valence-corrected chi connectivity index (χ3v) is 5.27. The van der Waals surface area contributed by atoms with E-state index in [2.05, 4.69) is 0 Å². The SMILES string of the molecule is Cc1ccc(Pc2cc(C(C)(C)C)cc(C)c2O)c(C(F)(F)F)c1.[Cl][Ti][Cl]. The van der Waals surface area contributed by atoms with Crippen molar-refractivity contribution in [2.75, 3.05) is 0 Å². The van der Waals surface area contributed by atoms with Gasteiger partial charge in [0.1, 0.15) is 5.75 Å². The van der Waals surface area contributed by atoms with Crippen molar-refractivity contribution < 1.29 is 35.3 Å². The van der Waals surface area contributed by atoms with Crippen molar-refractivity contribution in [3.05, 3.63) is 52.6 Å². The quantitative estimate of drug-likeness (QED) is 0.400. The molecule has 0 aromatic heterocycles. The molecule has 0 saturated heterocycles. The van der Waals surface area contributed by atoms with E-state index in [1.165, 1.54) is 12.1 Å². The standard InChI is InChI=1S/C19H22F3OP.2ClH.Ti/c1-11-6-7-15(14(8-11)19(20,21)22)24-16-10-13(18(3,4)5)9-12(2)17(16)23;;;/h6-10,23-24H,1-5H3;2*1H;/q;;;+2/p-2. The van der Waals surface area contributed by atoms with Gasteiger partial charge in [-0.15, -0.1) is 0 Å². The molecule has 0 spiro atoms. The molecule has 0 fully saturated rings. The second-order valence-electron chi connectivity index (χ2n) is 7.18. The van der Waals surface area contributed by atoms with Crippen molar-refractivity contribution in [1.82, 2.24) is 0 Å². The fourth-order valence-corrected chi connectivity index (χ4v) is 3.80. The molecule has 0 radical (unpaired) electrons. The zero-order chi connectivity index (χ0) is 21.0. The van der Waals surface area contributed by atoms with Crippen molar-refractivity contribution in [2.24, 2.45) is 0 Å². The van der Waals surface area contributed by atoms with Gasteiger partial charge in [0.15, 0.2) is 0 Å². The van der Waals surface area contributed by atoms with Crippen LogP contribution in [0.3, 0.4) is 0 Å². The third kappa shape index (κ3) is 7.26. The number of benzene rings is 2. The second kappa shape index (κ2) is 9.99. The molecule has 2 aromatic carbocycles. The Hall–Kier alpha value is -0.246. The Balaban J connectivity index is 0.00000114. The fraction of sp³-hybridized carbons (Fsp3) is 0.368. The summed E-state index contributed by atoms with van der Waals surface area (Å²) in [4.78, 5) is 0. The van der Waals surface area contributed by atoms with Gasteiger partial charge in [0.05, 0.1) is 5.56 Å². The molecule has 0 bridgehead atoms. The van der Waals surface area contributed by atoms with Crippen LogP contribution in [0.5, 0.6) is 5.75 Å². The van der Waals surface area contributed by atoms with Crippen LogP contribution in [0.1, 0.15) is 43.0 Å². The molecule has 0 saturated carbocycles. The van der Waals surface area contributed by atoms with Gasteiger partial charge in [0.25, 0.3) is 0 Å². The van der Waals surface area contributed by atoms with Crippen molar-refractivity contribution in [1.29, 1.82) is 0 Å². The van der Waals surface area contributed by atoms with Crippen LogP contribution in [0.4, 0.5) is 13.2 Å². The summed E-state index contributed by atoms with van der Waals surface area (Å²) in [6.07, 6.45) is -4.40. The van der Waals surface area contributed by atoms with E-state index in [9.17, 15) is 18.3 Å². The Kier molecular flexibility index (Phi) is 9.17. The predicted molar refractivity (Wildman–Crippen MR) is 107 cm³/mol. The summed E-state index contributed by atoms with van der Waals surface area (Å²) in [6.45, 7) is 9.54. The van der Waals surface area contributed by atoms with Gasteiger partial charge in [-0.3, -0.25) is 0 Å². The zero-order valence-electron chi connectivity index (χ0n) is 15.7. The minimum absolute atomic E-state index is 0.0787. The average molecular weight is 473 g/mol. The first-order valence-corrected chi connectivity index (χ1v) is 13.4. The first-order valence-electron chi connectivity index (χ1n) is 8.06. The monoisotopic (exact) mass is 472 g/mol. The van der Waals surface area contributed by atoms with Crippen molar-refractivity contribution in [3.63, 3.8) is 0 Å². The maximum atomic E-state index is 13.3. The molecule has 2 aromatic rings. The van der Waals surface area contributed by atoms with E-state index in [1.54, 1.807) is 19.9 Å². The second-order valence-corrected chi connectivity index (χ2v) is 11.1. The first kappa shape index (κ1) is 24.8. The van der Waals surface area contributed by atoms with Crippen LogP contribution in [-0.4, -0.2) is 5.11 Å². The number of hydrogen-bond acceptors (Lipinski definition) is 1. The first-order chi connectivity index (χ1) is 12.3. The Morgan fingerprint density at radius 1 is 0.963 bits per heavy atom. The molecular formula is C19H22Cl2F3OPTi. The molecule has 0 aliphatic carbocycles. The van der Waals surface area contributed by atoms with Gasteiger partial charge >= 0.3 is 41.8 Å². The van der Waals surface area contributed by atoms with Gasteiger partial charge < -0.3 is 5.11 Å². The van der Waals surface area contributed by atoms with Crippen molar-refractivity contribution >= 4 is 37.8 Å². The topological polar surface area (TPSA) is 20.2 Å². The number of aromatic hydroxyl groups is 1. The Morgan fingerprint density at radius 3 is 2.00 bits per heavy atom. The molecule has 148 valence electrons. The van der Waals surface area contributed by atoms with E-state index < -0.39 is 28.8 Å². The van der Waals surface area contributed by atoms with Crippen LogP contribution in [0, 0.1) is 13.8 Å². The number of halogens is 5. The van der Waals surface area contributed by atoms with Gasteiger partial charge in [0, 0.05) is 5.30 Å². The molecule has 0 heterocycles. The van der Waals surface area contributed by atoms with Gasteiger partial charge in [-0.2, -0.15) is 13.2 Å². The third-order valence-electron chi connectivity index (χ3n) is 3.92. The van der Waals surface area contributed by atoms with E-state index in [4.69, 9.17) is 18.6 Å². The number of aryl methyl sites for hydroxylation is 2. The Morgan fingerprint density at radius 2 is 1.52 bits per heavy atom. The van der Waals surface area contributed by atoms with Crippen molar-refractivity contribution in [2.45, 2.75) is 46.2 Å². The number of rotatable bonds is 2. The minimum atomic E-state index is -4.40. The summed E-state index contributed by atoms with van der Waals surface area (Å²) in [6, 6.07) is 8.06. The summed E-state index contributed by atoms with van der Waals surface area (Å²) in [7, 11) is 9.52. The fourth-order valence-electron chi connectivity index (χ4n) is 2.45. The van der Waals surface area contributed by atoms with E-state index in [0.29, 0.717) is 16.4 Å². The number of phenolic OH excluding ortho intramolecular Hbond substituents is 1. The maximum absolute atomic E-state index is 13.3. The normalized spacial score (nSPS) is 12.1. The van der Waals surface area contributed by atoms with E-state index in [-0.39, 0.29) is 25.0 Å².